The molecule has 5 nitrogen and oxygen atoms in total. The van der Waals surface area contributed by atoms with Gasteiger partial charge in [0.25, 0.3) is 0 Å². The third kappa shape index (κ3) is 2.57. The molecular weight excluding hydrogens is 226 g/mol. The number of halogens is 1. The summed E-state index contributed by atoms with van der Waals surface area (Å²) in [5, 5.41) is 0.311. The van der Waals surface area contributed by atoms with E-state index in [1.54, 1.807) is 0 Å². The van der Waals surface area contributed by atoms with E-state index < -0.39 is 10.2 Å². The smallest absolute Gasteiger partial charge is 0.268 e. The zero-order chi connectivity index (χ0) is 10.8. The molecule has 1 heterocycles. The molecule has 1 rings (SSSR count). The summed E-state index contributed by atoms with van der Waals surface area (Å²) in [6, 6.07) is 1.51. The molecule has 14 heavy (non-hydrogen) atoms. The minimum Gasteiger partial charge on any atom is -0.268 e. The van der Waals surface area contributed by atoms with Crippen molar-refractivity contribution in [2.75, 3.05) is 18.8 Å². The van der Waals surface area contributed by atoms with Gasteiger partial charge in [0, 0.05) is 20.3 Å². The van der Waals surface area contributed by atoms with Crippen LogP contribution >= 0.6 is 11.6 Å². The SMILES string of the molecule is CN(C)S(=O)(=O)Nc1cnccc1Cl. The Morgan fingerprint density at radius 2 is 2.14 bits per heavy atom. The Bertz CT molecular complexity index is 419. The van der Waals surface area contributed by atoms with Gasteiger partial charge in [-0.25, -0.2) is 0 Å². The summed E-state index contributed by atoms with van der Waals surface area (Å²) in [6.45, 7) is 0. The highest BCUT2D eigenvalue weighted by Crippen LogP contribution is 2.20. The molecule has 0 aliphatic rings. The fourth-order valence-corrected chi connectivity index (χ4v) is 1.51. The van der Waals surface area contributed by atoms with Gasteiger partial charge in [0.15, 0.2) is 0 Å². The van der Waals surface area contributed by atoms with E-state index in [1.807, 2.05) is 0 Å². The van der Waals surface area contributed by atoms with E-state index in [0.29, 0.717) is 5.02 Å². The number of pyridine rings is 1. The van der Waals surface area contributed by atoms with Gasteiger partial charge in [0.2, 0.25) is 0 Å². The van der Waals surface area contributed by atoms with Crippen LogP contribution in [0.4, 0.5) is 5.69 Å². The Morgan fingerprint density at radius 3 is 2.64 bits per heavy atom. The van der Waals surface area contributed by atoms with Crippen LogP contribution in [0.25, 0.3) is 0 Å². The van der Waals surface area contributed by atoms with Gasteiger partial charge in [-0.3, -0.25) is 9.71 Å². The molecule has 1 N–H and O–H groups in total. The normalized spacial score (nSPS) is 11.7. The van der Waals surface area contributed by atoms with E-state index in [4.69, 9.17) is 11.6 Å². The largest absolute Gasteiger partial charge is 0.301 e. The van der Waals surface area contributed by atoms with Crippen molar-refractivity contribution in [3.05, 3.63) is 23.5 Å². The minimum atomic E-state index is -3.51. The topological polar surface area (TPSA) is 62.3 Å². The highest BCUT2D eigenvalue weighted by Gasteiger charge is 2.14. The lowest BCUT2D eigenvalue weighted by molar-refractivity contribution is 0.527. The summed E-state index contributed by atoms with van der Waals surface area (Å²) in [4.78, 5) is 3.76. The number of hydrogen-bond acceptors (Lipinski definition) is 3. The Kier molecular flexibility index (Phi) is 3.30. The zero-order valence-electron chi connectivity index (χ0n) is 7.73. The summed E-state index contributed by atoms with van der Waals surface area (Å²) in [5.74, 6) is 0. The molecule has 0 unspecified atom stereocenters. The maximum absolute atomic E-state index is 11.4. The summed E-state index contributed by atoms with van der Waals surface area (Å²) in [6.07, 6.45) is 2.83. The molecule has 78 valence electrons. The van der Waals surface area contributed by atoms with Gasteiger partial charge in [0.05, 0.1) is 16.9 Å². The molecule has 0 atom stereocenters. The summed E-state index contributed by atoms with van der Waals surface area (Å²) < 4.78 is 26.1. The molecular formula is C7H10ClN3O2S. The third-order valence-electron chi connectivity index (χ3n) is 1.49. The highest BCUT2D eigenvalue weighted by molar-refractivity contribution is 7.90. The summed E-state index contributed by atoms with van der Waals surface area (Å²) in [7, 11) is -0.668. The van der Waals surface area contributed by atoms with E-state index in [2.05, 4.69) is 9.71 Å². The molecule has 0 radical (unpaired) electrons. The van der Waals surface area contributed by atoms with E-state index in [9.17, 15) is 8.42 Å². The van der Waals surface area contributed by atoms with E-state index in [-0.39, 0.29) is 5.69 Å². The molecule has 0 saturated carbocycles. The summed E-state index contributed by atoms with van der Waals surface area (Å²) in [5.41, 5.74) is 0.267. The van der Waals surface area contributed by atoms with E-state index in [0.717, 1.165) is 4.31 Å². The maximum Gasteiger partial charge on any atom is 0.301 e. The van der Waals surface area contributed by atoms with Gasteiger partial charge in [-0.05, 0) is 6.07 Å². The molecule has 0 aromatic carbocycles. The number of anilines is 1. The van der Waals surface area contributed by atoms with Crippen LogP contribution in [0.5, 0.6) is 0 Å². The van der Waals surface area contributed by atoms with Crippen molar-refractivity contribution in [2.24, 2.45) is 0 Å². The fourth-order valence-electron chi connectivity index (χ4n) is 0.683. The van der Waals surface area contributed by atoms with Gasteiger partial charge in [-0.15, -0.1) is 0 Å². The quantitative estimate of drug-likeness (QED) is 0.849. The predicted molar refractivity (Wildman–Crippen MR) is 55.5 cm³/mol. The van der Waals surface area contributed by atoms with Gasteiger partial charge in [-0.1, -0.05) is 11.6 Å². The number of nitrogens with zero attached hydrogens (tertiary/aromatic N) is 2. The van der Waals surface area contributed by atoms with Crippen molar-refractivity contribution in [2.45, 2.75) is 0 Å². The lowest BCUT2D eigenvalue weighted by Gasteiger charge is -2.13. The molecule has 0 aliphatic carbocycles. The second kappa shape index (κ2) is 4.12. The second-order valence-corrected chi connectivity index (χ2v) is 5.04. The van der Waals surface area contributed by atoms with Gasteiger partial charge in [0.1, 0.15) is 0 Å². The van der Waals surface area contributed by atoms with Crippen LogP contribution in [0, 0.1) is 0 Å². The van der Waals surface area contributed by atoms with Crippen LogP contribution in [-0.2, 0) is 10.2 Å². The van der Waals surface area contributed by atoms with Crippen LogP contribution < -0.4 is 4.72 Å². The number of aromatic nitrogens is 1. The molecule has 0 spiro atoms. The standard InChI is InChI=1S/C7H10ClN3O2S/c1-11(2)14(12,13)10-7-5-9-4-3-6(7)8/h3-5,10H,1-2H3. The lowest BCUT2D eigenvalue weighted by Crippen LogP contribution is -2.29. The van der Waals surface area contributed by atoms with Crippen LogP contribution in [-0.4, -0.2) is 31.8 Å². The van der Waals surface area contributed by atoms with Crippen LogP contribution in [0.3, 0.4) is 0 Å². The van der Waals surface area contributed by atoms with Crippen molar-refractivity contribution < 1.29 is 8.42 Å². The molecule has 7 heteroatoms. The van der Waals surface area contributed by atoms with Crippen molar-refractivity contribution in [1.82, 2.24) is 9.29 Å². The molecule has 1 aromatic heterocycles. The lowest BCUT2D eigenvalue weighted by atomic mass is 10.4. The van der Waals surface area contributed by atoms with Crippen LogP contribution in [0.15, 0.2) is 18.5 Å². The third-order valence-corrected chi connectivity index (χ3v) is 3.26. The fraction of sp³-hybridized carbons (Fsp3) is 0.286. The molecule has 0 fully saturated rings. The van der Waals surface area contributed by atoms with Crippen LogP contribution in [0.1, 0.15) is 0 Å². The first kappa shape index (κ1) is 11.2. The maximum atomic E-state index is 11.4. The Morgan fingerprint density at radius 1 is 1.50 bits per heavy atom. The van der Waals surface area contributed by atoms with Crippen LogP contribution in [0.2, 0.25) is 5.02 Å². The van der Waals surface area contributed by atoms with Crippen molar-refractivity contribution >= 4 is 27.5 Å². The monoisotopic (exact) mass is 235 g/mol. The molecule has 0 bridgehead atoms. The first-order valence-corrected chi connectivity index (χ1v) is 5.55. The Balaban J connectivity index is 2.96. The van der Waals surface area contributed by atoms with E-state index >= 15 is 0 Å². The number of rotatable bonds is 3. The van der Waals surface area contributed by atoms with Crippen molar-refractivity contribution in [3.63, 3.8) is 0 Å². The predicted octanol–water partition coefficient (Wildman–Crippen LogP) is 0.953. The first-order valence-electron chi connectivity index (χ1n) is 3.73. The molecule has 0 amide bonds. The van der Waals surface area contributed by atoms with E-state index in [1.165, 1.54) is 32.6 Å². The average molecular weight is 236 g/mol. The molecule has 0 aliphatic heterocycles. The Labute approximate surface area is 87.9 Å². The number of hydrogen-bond donors (Lipinski definition) is 1. The van der Waals surface area contributed by atoms with Gasteiger partial charge >= 0.3 is 10.2 Å². The average Bonchev–Trinajstić information content (AvgIpc) is 2.08. The molecule has 0 saturated heterocycles. The van der Waals surface area contributed by atoms with Crippen molar-refractivity contribution in [1.29, 1.82) is 0 Å². The Hall–Kier alpha value is -0.850. The zero-order valence-corrected chi connectivity index (χ0v) is 9.30. The highest BCUT2D eigenvalue weighted by atomic mass is 35.5. The summed E-state index contributed by atoms with van der Waals surface area (Å²) >= 11 is 5.75. The second-order valence-electron chi connectivity index (χ2n) is 2.75. The van der Waals surface area contributed by atoms with Gasteiger partial charge in [-0.2, -0.15) is 12.7 Å². The number of nitrogens with one attached hydrogen (secondary N) is 1. The van der Waals surface area contributed by atoms with Gasteiger partial charge < -0.3 is 0 Å². The van der Waals surface area contributed by atoms with Crippen molar-refractivity contribution in [3.8, 4) is 0 Å². The first-order chi connectivity index (χ1) is 6.43. The minimum absolute atomic E-state index is 0.267. The molecule has 1 aromatic rings.